The maximum atomic E-state index is 11.7. The molecule has 0 aromatic rings. The molecular weight excluding hydrogens is 342 g/mol. The normalized spacial score (nSPS) is 38.5. The summed E-state index contributed by atoms with van der Waals surface area (Å²) in [5.41, 5.74) is 0. The van der Waals surface area contributed by atoms with Crippen LogP contribution in [-0.4, -0.2) is 102 Å². The predicted molar refractivity (Wildman–Crippen MR) is 78.4 cm³/mol. The second-order valence-corrected chi connectivity index (χ2v) is 5.91. The summed E-state index contributed by atoms with van der Waals surface area (Å²) in [6.45, 7) is -0.426. The number of aliphatic carboxylic acids is 1. The molecule has 2 heterocycles. The van der Waals surface area contributed by atoms with Gasteiger partial charge in [-0.25, -0.2) is 4.79 Å². The van der Waals surface area contributed by atoms with Crippen molar-refractivity contribution in [3.63, 3.8) is 0 Å². The van der Waals surface area contributed by atoms with Gasteiger partial charge in [0.05, 0.1) is 6.61 Å². The molecule has 2 aliphatic rings. The highest BCUT2D eigenvalue weighted by Gasteiger charge is 2.44. The molecule has 2 aliphatic heterocycles. The molecule has 1 unspecified atom stereocenters. The fourth-order valence-corrected chi connectivity index (χ4v) is 2.71. The lowest BCUT2D eigenvalue weighted by molar-refractivity contribution is -0.296. The molecule has 25 heavy (non-hydrogen) atoms. The number of aliphatic hydroxyl groups is 3. The van der Waals surface area contributed by atoms with Crippen molar-refractivity contribution < 1.29 is 49.0 Å². The van der Waals surface area contributed by atoms with Crippen LogP contribution in [0.1, 0.15) is 6.42 Å². The Kier molecular flexibility index (Phi) is 7.07. The van der Waals surface area contributed by atoms with Gasteiger partial charge < -0.3 is 44.7 Å². The molecule has 5 N–H and O–H groups in total. The summed E-state index contributed by atoms with van der Waals surface area (Å²) in [4.78, 5) is 22.5. The summed E-state index contributed by atoms with van der Waals surface area (Å²) in [5, 5.41) is 40.8. The van der Waals surface area contributed by atoms with E-state index < -0.39 is 61.4 Å². The topological polar surface area (TPSA) is 164 Å². The molecule has 0 saturated carbocycles. The first kappa shape index (κ1) is 20.0. The Morgan fingerprint density at radius 2 is 1.92 bits per heavy atom. The van der Waals surface area contributed by atoms with Crippen LogP contribution in [0.3, 0.4) is 0 Å². The lowest BCUT2D eigenvalue weighted by atomic mass is 9.99. The van der Waals surface area contributed by atoms with Gasteiger partial charge in [0.25, 0.3) is 0 Å². The predicted octanol–water partition coefficient (Wildman–Crippen LogP) is -3.18. The molecule has 144 valence electrons. The van der Waals surface area contributed by atoms with E-state index in [2.05, 4.69) is 5.32 Å². The van der Waals surface area contributed by atoms with Crippen LogP contribution < -0.4 is 5.32 Å². The van der Waals surface area contributed by atoms with E-state index in [0.29, 0.717) is 0 Å². The van der Waals surface area contributed by atoms with E-state index >= 15 is 0 Å². The number of nitrogens with one attached hydrogen (secondary N) is 1. The lowest BCUT2D eigenvalue weighted by Crippen LogP contribution is -2.59. The molecule has 0 aromatic heterocycles. The minimum Gasteiger partial charge on any atom is -0.480 e. The Morgan fingerprint density at radius 1 is 1.20 bits per heavy atom. The van der Waals surface area contributed by atoms with Crippen LogP contribution in [0.15, 0.2) is 0 Å². The third-order valence-electron chi connectivity index (χ3n) is 4.09. The van der Waals surface area contributed by atoms with Crippen LogP contribution in [-0.2, 0) is 28.5 Å². The van der Waals surface area contributed by atoms with E-state index in [0.717, 1.165) is 0 Å². The van der Waals surface area contributed by atoms with Gasteiger partial charge in [0.2, 0.25) is 0 Å². The molecular formula is C14H23NO10. The first-order valence-electron chi connectivity index (χ1n) is 7.79. The number of methoxy groups -OCH3 is 1. The largest absolute Gasteiger partial charge is 0.480 e. The summed E-state index contributed by atoms with van der Waals surface area (Å²) in [6.07, 6.45) is -6.80. The first-order chi connectivity index (χ1) is 11.8. The summed E-state index contributed by atoms with van der Waals surface area (Å²) >= 11 is 0. The molecule has 2 fully saturated rings. The van der Waals surface area contributed by atoms with Gasteiger partial charge in [0.15, 0.2) is 6.29 Å². The van der Waals surface area contributed by atoms with Crippen molar-refractivity contribution >= 4 is 11.9 Å². The van der Waals surface area contributed by atoms with Crippen molar-refractivity contribution in [1.82, 2.24) is 5.32 Å². The van der Waals surface area contributed by atoms with Crippen LogP contribution in [0.25, 0.3) is 0 Å². The van der Waals surface area contributed by atoms with Gasteiger partial charge in [-0.15, -0.1) is 0 Å². The van der Waals surface area contributed by atoms with Crippen LogP contribution >= 0.6 is 0 Å². The van der Waals surface area contributed by atoms with E-state index in [-0.39, 0.29) is 19.6 Å². The van der Waals surface area contributed by atoms with E-state index in [9.17, 15) is 24.9 Å². The van der Waals surface area contributed by atoms with Crippen molar-refractivity contribution in [1.29, 1.82) is 0 Å². The average Bonchev–Trinajstić information content (AvgIpc) is 3.03. The number of ether oxygens (including phenoxy) is 4. The summed E-state index contributed by atoms with van der Waals surface area (Å²) in [7, 11) is 1.27. The highest BCUT2D eigenvalue weighted by atomic mass is 16.7. The zero-order valence-corrected chi connectivity index (χ0v) is 13.6. The van der Waals surface area contributed by atoms with Gasteiger partial charge in [-0.05, 0) is 0 Å². The Morgan fingerprint density at radius 3 is 2.52 bits per heavy atom. The second kappa shape index (κ2) is 8.85. The smallest absolute Gasteiger partial charge is 0.332 e. The first-order valence-corrected chi connectivity index (χ1v) is 7.79. The highest BCUT2D eigenvalue weighted by Crippen LogP contribution is 2.22. The van der Waals surface area contributed by atoms with Crippen LogP contribution in [0.5, 0.6) is 0 Å². The second-order valence-electron chi connectivity index (χ2n) is 5.91. The van der Waals surface area contributed by atoms with Crippen molar-refractivity contribution in [2.24, 2.45) is 0 Å². The zero-order valence-electron chi connectivity index (χ0n) is 13.6. The molecule has 0 amide bonds. The number of carbonyl (C=O) groups is 2. The van der Waals surface area contributed by atoms with Gasteiger partial charge in [0.1, 0.15) is 43.2 Å². The van der Waals surface area contributed by atoms with Crippen LogP contribution in [0.2, 0.25) is 0 Å². The number of hydrogen-bond acceptors (Lipinski definition) is 10. The third-order valence-corrected chi connectivity index (χ3v) is 4.09. The summed E-state index contributed by atoms with van der Waals surface area (Å²) in [6, 6.07) is -0.747. The number of carboxylic acids is 1. The van der Waals surface area contributed by atoms with Gasteiger partial charge in [0, 0.05) is 20.1 Å². The fourth-order valence-electron chi connectivity index (χ4n) is 2.71. The molecule has 0 bridgehead atoms. The average molecular weight is 365 g/mol. The summed E-state index contributed by atoms with van der Waals surface area (Å²) < 4.78 is 20.3. The Labute approximate surface area is 143 Å². The van der Waals surface area contributed by atoms with Gasteiger partial charge in [-0.3, -0.25) is 4.79 Å². The number of esters is 1. The molecule has 0 spiro atoms. The highest BCUT2D eigenvalue weighted by molar-refractivity contribution is 5.74. The van der Waals surface area contributed by atoms with Crippen molar-refractivity contribution in [2.75, 3.05) is 26.9 Å². The molecule has 11 heteroatoms. The van der Waals surface area contributed by atoms with E-state index in [4.69, 9.17) is 24.1 Å². The molecule has 0 aromatic carbocycles. The molecule has 11 nitrogen and oxygen atoms in total. The maximum Gasteiger partial charge on any atom is 0.332 e. The van der Waals surface area contributed by atoms with Gasteiger partial charge in [-0.2, -0.15) is 0 Å². The summed E-state index contributed by atoms with van der Waals surface area (Å²) in [5.74, 6) is -1.70. The van der Waals surface area contributed by atoms with Crippen molar-refractivity contribution in [3.05, 3.63) is 0 Å². The quantitative estimate of drug-likeness (QED) is 0.289. The zero-order chi connectivity index (χ0) is 18.6. The van der Waals surface area contributed by atoms with Crippen LogP contribution in [0.4, 0.5) is 0 Å². The molecule has 2 saturated heterocycles. The number of carbonyl (C=O) groups excluding carboxylic acids is 1. The molecule has 2 rings (SSSR count). The maximum absolute atomic E-state index is 11.7. The van der Waals surface area contributed by atoms with Gasteiger partial charge >= 0.3 is 11.9 Å². The standard InChI is InChI=1S/C14H23NO10/c1-22-14-12(19)11(18)10(17)8(25-14)4-23-5-9(16)24-6-2-7(13(20)21)15-3-6/h6-8,10-12,14-15,17-19H,2-5H2,1H3,(H,20,21)/t6?,7-,8+,10+,11-,12+,14-/m0/s1. The van der Waals surface area contributed by atoms with Crippen molar-refractivity contribution in [3.8, 4) is 0 Å². The Hall–Kier alpha value is -1.34. The van der Waals surface area contributed by atoms with Crippen molar-refractivity contribution in [2.45, 2.75) is 49.3 Å². The lowest BCUT2D eigenvalue weighted by Gasteiger charge is -2.39. The van der Waals surface area contributed by atoms with E-state index in [1.165, 1.54) is 7.11 Å². The van der Waals surface area contributed by atoms with E-state index in [1.807, 2.05) is 0 Å². The van der Waals surface area contributed by atoms with E-state index in [1.54, 1.807) is 0 Å². The number of hydrogen-bond donors (Lipinski definition) is 5. The minimum atomic E-state index is -1.48. The fraction of sp³-hybridized carbons (Fsp3) is 0.857. The molecule has 7 atom stereocenters. The minimum absolute atomic E-state index is 0.172. The monoisotopic (exact) mass is 365 g/mol. The Balaban J connectivity index is 1.71. The molecule has 0 radical (unpaired) electrons. The number of aliphatic hydroxyl groups excluding tert-OH is 3. The third kappa shape index (κ3) is 5.07. The number of carboxylic acid groups (broad SMARTS) is 1. The number of rotatable bonds is 7. The molecule has 0 aliphatic carbocycles. The Bertz CT molecular complexity index is 473. The SMILES string of the molecule is CO[C@H]1O[C@H](COCC(=O)OC2CN[C@H](C(=O)O)C2)[C@@H](O)[C@H](O)[C@H]1O. The van der Waals surface area contributed by atoms with Gasteiger partial charge in [-0.1, -0.05) is 0 Å². The van der Waals surface area contributed by atoms with Crippen LogP contribution in [0, 0.1) is 0 Å².